The van der Waals surface area contributed by atoms with E-state index < -0.39 is 0 Å². The molecule has 0 saturated carbocycles. The van der Waals surface area contributed by atoms with E-state index in [2.05, 4.69) is 39.3 Å². The van der Waals surface area contributed by atoms with E-state index in [1.807, 2.05) is 11.0 Å². The summed E-state index contributed by atoms with van der Waals surface area (Å²) in [6.07, 6.45) is 3.29. The summed E-state index contributed by atoms with van der Waals surface area (Å²) in [5.74, 6) is 1.77. The molecule has 0 spiro atoms. The predicted octanol–water partition coefficient (Wildman–Crippen LogP) is 2.24. The topological polar surface area (TPSA) is 71.7 Å². The molecule has 3 heterocycles. The lowest BCUT2D eigenvalue weighted by molar-refractivity contribution is -0.134. The van der Waals surface area contributed by atoms with Gasteiger partial charge < -0.3 is 14.2 Å². The first kappa shape index (κ1) is 19.1. The molecule has 0 bridgehead atoms. The second-order valence-electron chi connectivity index (χ2n) is 7.60. The second-order valence-corrected chi connectivity index (χ2v) is 7.60. The van der Waals surface area contributed by atoms with Crippen LogP contribution in [0.25, 0.3) is 0 Å². The third-order valence-corrected chi connectivity index (χ3v) is 5.54. The molecule has 1 aromatic heterocycles. The first-order chi connectivity index (χ1) is 13.8. The van der Waals surface area contributed by atoms with E-state index in [0.717, 1.165) is 57.9 Å². The zero-order valence-corrected chi connectivity index (χ0v) is 16.3. The zero-order valence-electron chi connectivity index (χ0n) is 16.3. The molecule has 7 nitrogen and oxygen atoms in total. The summed E-state index contributed by atoms with van der Waals surface area (Å²) in [7, 11) is 0. The number of hydrogen-bond donors (Lipinski definition) is 0. The number of amides is 1. The quantitative estimate of drug-likeness (QED) is 0.729. The van der Waals surface area contributed by atoms with Crippen LogP contribution in [0.5, 0.6) is 0 Å². The zero-order chi connectivity index (χ0) is 19.2. The molecule has 1 atom stereocenters. The van der Waals surface area contributed by atoms with Crippen LogP contribution in [0.2, 0.25) is 0 Å². The predicted molar refractivity (Wildman–Crippen MR) is 104 cm³/mol. The normalized spacial score (nSPS) is 21.2. The highest BCUT2D eigenvalue weighted by atomic mass is 16.5. The molecule has 2 fully saturated rings. The number of hydrogen-bond acceptors (Lipinski definition) is 6. The van der Waals surface area contributed by atoms with Crippen molar-refractivity contribution in [2.75, 3.05) is 39.4 Å². The summed E-state index contributed by atoms with van der Waals surface area (Å²) < 4.78 is 10.9. The maximum absolute atomic E-state index is 12.3. The fraction of sp³-hybridized carbons (Fsp3) is 0.571. The van der Waals surface area contributed by atoms with Crippen LogP contribution in [0, 0.1) is 0 Å². The van der Waals surface area contributed by atoms with Gasteiger partial charge in [-0.2, -0.15) is 4.98 Å². The van der Waals surface area contributed by atoms with Crippen molar-refractivity contribution in [3.63, 3.8) is 0 Å². The number of rotatable bonds is 7. The van der Waals surface area contributed by atoms with E-state index in [9.17, 15) is 4.79 Å². The van der Waals surface area contributed by atoms with Gasteiger partial charge >= 0.3 is 0 Å². The van der Waals surface area contributed by atoms with Crippen LogP contribution in [-0.4, -0.2) is 65.2 Å². The average molecular weight is 384 g/mol. The standard InChI is InChI=1S/C21H28N4O3/c26-20-9-8-18(15-25(20)10-4-7-17-5-2-1-3-6-17)21-22-19(23-28-21)16-24-11-13-27-14-12-24/h1-3,5-6,18H,4,7-16H2/t18-/m1/s1. The van der Waals surface area contributed by atoms with Gasteiger partial charge in [0.1, 0.15) is 0 Å². The Bertz CT molecular complexity index is 758. The van der Waals surface area contributed by atoms with Gasteiger partial charge in [0, 0.05) is 32.6 Å². The summed E-state index contributed by atoms with van der Waals surface area (Å²) in [4.78, 5) is 21.2. The van der Waals surface area contributed by atoms with Crippen LogP contribution in [0.4, 0.5) is 0 Å². The Hall–Kier alpha value is -2.25. The molecule has 2 aliphatic heterocycles. The highest BCUT2D eigenvalue weighted by molar-refractivity contribution is 5.77. The number of benzene rings is 1. The molecule has 0 unspecified atom stereocenters. The van der Waals surface area contributed by atoms with Gasteiger partial charge in [-0.1, -0.05) is 35.5 Å². The van der Waals surface area contributed by atoms with Gasteiger partial charge in [-0.05, 0) is 24.8 Å². The Morgan fingerprint density at radius 2 is 1.96 bits per heavy atom. The molecule has 0 N–H and O–H groups in total. The Balaban J connectivity index is 1.29. The Morgan fingerprint density at radius 1 is 1.14 bits per heavy atom. The largest absolute Gasteiger partial charge is 0.379 e. The number of likely N-dealkylation sites (tertiary alicyclic amines) is 1. The molecule has 0 radical (unpaired) electrons. The fourth-order valence-electron chi connectivity index (χ4n) is 3.91. The van der Waals surface area contributed by atoms with E-state index in [1.165, 1.54) is 5.56 Å². The first-order valence-electron chi connectivity index (χ1n) is 10.2. The Kier molecular flexibility index (Phi) is 6.34. The van der Waals surface area contributed by atoms with Gasteiger partial charge in [0.2, 0.25) is 11.8 Å². The number of aromatic nitrogens is 2. The smallest absolute Gasteiger partial charge is 0.231 e. The van der Waals surface area contributed by atoms with Crippen molar-refractivity contribution in [2.45, 2.75) is 38.1 Å². The van der Waals surface area contributed by atoms with Gasteiger partial charge in [-0.25, -0.2) is 0 Å². The molecule has 7 heteroatoms. The van der Waals surface area contributed by atoms with E-state index in [4.69, 9.17) is 9.26 Å². The van der Waals surface area contributed by atoms with Crippen molar-refractivity contribution in [1.29, 1.82) is 0 Å². The third-order valence-electron chi connectivity index (χ3n) is 5.54. The van der Waals surface area contributed by atoms with Crippen LogP contribution in [-0.2, 0) is 22.5 Å². The number of nitrogens with zero attached hydrogens (tertiary/aromatic N) is 4. The minimum absolute atomic E-state index is 0.139. The van der Waals surface area contributed by atoms with Crippen molar-refractivity contribution < 1.29 is 14.1 Å². The van der Waals surface area contributed by atoms with Crippen molar-refractivity contribution in [3.8, 4) is 0 Å². The van der Waals surface area contributed by atoms with Crippen LogP contribution >= 0.6 is 0 Å². The van der Waals surface area contributed by atoms with Crippen LogP contribution in [0.3, 0.4) is 0 Å². The van der Waals surface area contributed by atoms with Crippen molar-refractivity contribution >= 4 is 5.91 Å². The second kappa shape index (κ2) is 9.30. The molecular formula is C21H28N4O3. The van der Waals surface area contributed by atoms with Crippen LogP contribution < -0.4 is 0 Å². The molecule has 4 rings (SSSR count). The maximum atomic E-state index is 12.3. The molecular weight excluding hydrogens is 356 g/mol. The summed E-state index contributed by atoms with van der Waals surface area (Å²) in [5.41, 5.74) is 1.31. The summed E-state index contributed by atoms with van der Waals surface area (Å²) in [6.45, 7) is 5.46. The van der Waals surface area contributed by atoms with E-state index in [0.29, 0.717) is 25.4 Å². The minimum atomic E-state index is 0.139. The molecule has 2 aliphatic rings. The highest BCUT2D eigenvalue weighted by Crippen LogP contribution is 2.27. The number of ether oxygens (including phenoxy) is 1. The van der Waals surface area contributed by atoms with Gasteiger partial charge in [-0.15, -0.1) is 0 Å². The molecule has 1 amide bonds. The lowest BCUT2D eigenvalue weighted by Gasteiger charge is -2.31. The van der Waals surface area contributed by atoms with Crippen LogP contribution in [0.15, 0.2) is 34.9 Å². The van der Waals surface area contributed by atoms with Gasteiger partial charge in [0.15, 0.2) is 5.82 Å². The average Bonchev–Trinajstić information content (AvgIpc) is 3.19. The molecule has 1 aromatic carbocycles. The summed E-state index contributed by atoms with van der Waals surface area (Å²) >= 11 is 0. The van der Waals surface area contributed by atoms with Gasteiger partial charge in [0.05, 0.1) is 25.7 Å². The third kappa shape index (κ3) is 4.97. The van der Waals surface area contributed by atoms with Crippen molar-refractivity contribution in [1.82, 2.24) is 19.9 Å². The first-order valence-corrected chi connectivity index (χ1v) is 10.2. The van der Waals surface area contributed by atoms with Gasteiger partial charge in [-0.3, -0.25) is 9.69 Å². The Morgan fingerprint density at radius 3 is 2.79 bits per heavy atom. The number of piperidine rings is 1. The number of carbonyl (C=O) groups is 1. The van der Waals surface area contributed by atoms with Crippen molar-refractivity contribution in [3.05, 3.63) is 47.6 Å². The van der Waals surface area contributed by atoms with Crippen molar-refractivity contribution in [2.24, 2.45) is 0 Å². The summed E-state index contributed by atoms with van der Waals surface area (Å²) in [6, 6.07) is 10.4. The minimum Gasteiger partial charge on any atom is -0.379 e. The lowest BCUT2D eigenvalue weighted by Crippen LogP contribution is -2.40. The SMILES string of the molecule is O=C1CC[C@@H](c2nc(CN3CCOCC3)no2)CN1CCCc1ccccc1. The van der Waals surface area contributed by atoms with Gasteiger partial charge in [0.25, 0.3) is 0 Å². The molecule has 28 heavy (non-hydrogen) atoms. The summed E-state index contributed by atoms with van der Waals surface area (Å²) in [5, 5.41) is 4.16. The number of carbonyl (C=O) groups excluding carboxylic acids is 1. The molecule has 0 aliphatic carbocycles. The Labute approximate surface area is 165 Å². The van der Waals surface area contributed by atoms with E-state index in [-0.39, 0.29) is 11.8 Å². The van der Waals surface area contributed by atoms with E-state index in [1.54, 1.807) is 0 Å². The van der Waals surface area contributed by atoms with E-state index >= 15 is 0 Å². The lowest BCUT2D eigenvalue weighted by atomic mass is 9.97. The molecule has 150 valence electrons. The number of aryl methyl sites for hydroxylation is 1. The maximum Gasteiger partial charge on any atom is 0.231 e. The van der Waals surface area contributed by atoms with Crippen LogP contribution in [0.1, 0.15) is 42.5 Å². The molecule has 2 aromatic rings. The molecule has 2 saturated heterocycles. The monoisotopic (exact) mass is 384 g/mol. The number of morpholine rings is 1. The fourth-order valence-corrected chi connectivity index (χ4v) is 3.91. The highest BCUT2D eigenvalue weighted by Gasteiger charge is 2.30.